The standard InChI is InChI=1S/C15H12Cl2O3/c1-9-5-6-10(15(18)19)7-13(9)20-8-11-3-2-4-12(16)14(11)17/h2-7H,8H2,1H3,(H,18,19). The smallest absolute Gasteiger partial charge is 0.335 e. The first-order valence-electron chi connectivity index (χ1n) is 5.88. The van der Waals surface area contributed by atoms with Gasteiger partial charge in [-0.2, -0.15) is 0 Å². The fourth-order valence-electron chi connectivity index (χ4n) is 1.70. The Hall–Kier alpha value is -1.71. The van der Waals surface area contributed by atoms with Gasteiger partial charge in [0.15, 0.2) is 0 Å². The number of benzene rings is 2. The number of aromatic carboxylic acids is 1. The lowest BCUT2D eigenvalue weighted by molar-refractivity contribution is 0.0696. The summed E-state index contributed by atoms with van der Waals surface area (Å²) in [5.41, 5.74) is 1.79. The van der Waals surface area contributed by atoms with Crippen LogP contribution in [0, 0.1) is 6.92 Å². The number of aryl methyl sites for hydroxylation is 1. The molecule has 0 fully saturated rings. The van der Waals surface area contributed by atoms with E-state index in [0.717, 1.165) is 11.1 Å². The maximum atomic E-state index is 10.9. The molecule has 0 radical (unpaired) electrons. The molecule has 0 aliphatic carbocycles. The van der Waals surface area contributed by atoms with Crippen molar-refractivity contribution in [3.63, 3.8) is 0 Å². The van der Waals surface area contributed by atoms with Gasteiger partial charge in [0.2, 0.25) is 0 Å². The van der Waals surface area contributed by atoms with Crippen LogP contribution < -0.4 is 4.74 Å². The molecule has 0 aliphatic heterocycles. The van der Waals surface area contributed by atoms with Gasteiger partial charge in [-0.05, 0) is 30.7 Å². The third-order valence-electron chi connectivity index (χ3n) is 2.85. The van der Waals surface area contributed by atoms with Crippen LogP contribution >= 0.6 is 23.2 Å². The van der Waals surface area contributed by atoms with E-state index in [1.165, 1.54) is 12.1 Å². The summed E-state index contributed by atoms with van der Waals surface area (Å²) in [6.45, 7) is 2.07. The molecule has 2 rings (SSSR count). The SMILES string of the molecule is Cc1ccc(C(=O)O)cc1OCc1cccc(Cl)c1Cl. The predicted octanol–water partition coefficient (Wildman–Crippen LogP) is 4.58. The minimum absolute atomic E-state index is 0.183. The average Bonchev–Trinajstić information content (AvgIpc) is 2.41. The lowest BCUT2D eigenvalue weighted by Crippen LogP contribution is -2.01. The number of halogens is 2. The van der Waals surface area contributed by atoms with Gasteiger partial charge in [-0.3, -0.25) is 0 Å². The Morgan fingerprint density at radius 2 is 2.00 bits per heavy atom. The Balaban J connectivity index is 2.20. The first kappa shape index (κ1) is 14.7. The van der Waals surface area contributed by atoms with Crippen molar-refractivity contribution in [3.8, 4) is 5.75 Å². The summed E-state index contributed by atoms with van der Waals surface area (Å²) in [5, 5.41) is 9.88. The third kappa shape index (κ3) is 3.24. The molecule has 2 aromatic rings. The van der Waals surface area contributed by atoms with E-state index < -0.39 is 5.97 Å². The summed E-state index contributed by atoms with van der Waals surface area (Å²) in [6, 6.07) is 10.0. The summed E-state index contributed by atoms with van der Waals surface area (Å²) in [7, 11) is 0. The van der Waals surface area contributed by atoms with E-state index in [-0.39, 0.29) is 12.2 Å². The van der Waals surface area contributed by atoms with Crippen LogP contribution in [0.4, 0.5) is 0 Å². The Kier molecular flexibility index (Phi) is 4.53. The largest absolute Gasteiger partial charge is 0.489 e. The van der Waals surface area contributed by atoms with Crippen LogP contribution in [0.15, 0.2) is 36.4 Å². The molecule has 0 saturated carbocycles. The van der Waals surface area contributed by atoms with Gasteiger partial charge < -0.3 is 9.84 Å². The summed E-state index contributed by atoms with van der Waals surface area (Å²) in [4.78, 5) is 10.9. The highest BCUT2D eigenvalue weighted by atomic mass is 35.5. The molecule has 1 N–H and O–H groups in total. The van der Waals surface area contributed by atoms with Gasteiger partial charge in [-0.15, -0.1) is 0 Å². The van der Waals surface area contributed by atoms with Crippen LogP contribution in [-0.2, 0) is 6.61 Å². The molecule has 0 unspecified atom stereocenters. The molecular weight excluding hydrogens is 299 g/mol. The van der Waals surface area contributed by atoms with E-state index in [1.807, 2.05) is 13.0 Å². The molecule has 3 nitrogen and oxygen atoms in total. The maximum Gasteiger partial charge on any atom is 0.335 e. The highest BCUT2D eigenvalue weighted by molar-refractivity contribution is 6.42. The molecule has 20 heavy (non-hydrogen) atoms. The number of rotatable bonds is 4. The number of carboxylic acids is 1. The second-order valence-corrected chi connectivity index (χ2v) is 5.07. The van der Waals surface area contributed by atoms with Crippen LogP contribution in [0.3, 0.4) is 0 Å². The van der Waals surface area contributed by atoms with Crippen molar-refractivity contribution in [2.45, 2.75) is 13.5 Å². The first-order chi connectivity index (χ1) is 9.49. The third-order valence-corrected chi connectivity index (χ3v) is 3.71. The second kappa shape index (κ2) is 6.16. The van der Waals surface area contributed by atoms with Crippen LogP contribution in [-0.4, -0.2) is 11.1 Å². The van der Waals surface area contributed by atoms with E-state index in [9.17, 15) is 4.79 Å². The molecule has 0 aromatic heterocycles. The number of ether oxygens (including phenoxy) is 1. The zero-order valence-electron chi connectivity index (χ0n) is 10.7. The van der Waals surface area contributed by atoms with Crippen molar-refractivity contribution in [2.24, 2.45) is 0 Å². The Labute approximate surface area is 126 Å². The lowest BCUT2D eigenvalue weighted by Gasteiger charge is -2.11. The van der Waals surface area contributed by atoms with E-state index in [1.54, 1.807) is 18.2 Å². The van der Waals surface area contributed by atoms with Gasteiger partial charge in [-0.25, -0.2) is 4.79 Å². The van der Waals surface area contributed by atoms with Crippen LogP contribution in [0.5, 0.6) is 5.75 Å². The van der Waals surface area contributed by atoms with Gasteiger partial charge in [-0.1, -0.05) is 41.4 Å². The molecule has 0 amide bonds. The van der Waals surface area contributed by atoms with Crippen molar-refractivity contribution in [1.29, 1.82) is 0 Å². The maximum absolute atomic E-state index is 10.9. The molecule has 0 atom stereocenters. The van der Waals surface area contributed by atoms with E-state index >= 15 is 0 Å². The van der Waals surface area contributed by atoms with Gasteiger partial charge in [0.25, 0.3) is 0 Å². The monoisotopic (exact) mass is 310 g/mol. The van der Waals surface area contributed by atoms with Crippen molar-refractivity contribution >= 4 is 29.2 Å². The van der Waals surface area contributed by atoms with Crippen molar-refractivity contribution in [1.82, 2.24) is 0 Å². The highest BCUT2D eigenvalue weighted by Crippen LogP contribution is 2.27. The van der Waals surface area contributed by atoms with Crippen LogP contribution in [0.1, 0.15) is 21.5 Å². The zero-order valence-corrected chi connectivity index (χ0v) is 12.2. The Morgan fingerprint density at radius 3 is 2.70 bits per heavy atom. The summed E-state index contributed by atoms with van der Waals surface area (Å²) >= 11 is 12.0. The second-order valence-electron chi connectivity index (χ2n) is 4.29. The number of carboxylic acid groups (broad SMARTS) is 1. The van der Waals surface area contributed by atoms with Gasteiger partial charge >= 0.3 is 5.97 Å². The average molecular weight is 311 g/mol. The fraction of sp³-hybridized carbons (Fsp3) is 0.133. The molecule has 0 heterocycles. The van der Waals surface area contributed by atoms with Gasteiger partial charge in [0.1, 0.15) is 12.4 Å². The number of hydrogen-bond donors (Lipinski definition) is 1. The minimum Gasteiger partial charge on any atom is -0.489 e. The molecule has 2 aromatic carbocycles. The topological polar surface area (TPSA) is 46.5 Å². The van der Waals surface area contributed by atoms with E-state index in [2.05, 4.69) is 0 Å². The Morgan fingerprint density at radius 1 is 1.25 bits per heavy atom. The van der Waals surface area contributed by atoms with Crippen molar-refractivity contribution < 1.29 is 14.6 Å². The van der Waals surface area contributed by atoms with Crippen LogP contribution in [0.2, 0.25) is 10.0 Å². The number of hydrogen-bond acceptors (Lipinski definition) is 2. The highest BCUT2D eigenvalue weighted by Gasteiger charge is 2.09. The molecular formula is C15H12Cl2O3. The van der Waals surface area contributed by atoms with Crippen molar-refractivity contribution in [3.05, 3.63) is 63.1 Å². The molecule has 5 heteroatoms. The lowest BCUT2D eigenvalue weighted by atomic mass is 10.1. The summed E-state index contributed by atoms with van der Waals surface area (Å²) in [5.74, 6) is -0.475. The Bertz CT molecular complexity index is 654. The normalized spacial score (nSPS) is 10.3. The van der Waals surface area contributed by atoms with Crippen molar-refractivity contribution in [2.75, 3.05) is 0 Å². The molecule has 0 spiro atoms. The molecule has 0 saturated heterocycles. The van der Waals surface area contributed by atoms with E-state index in [0.29, 0.717) is 15.8 Å². The summed E-state index contributed by atoms with van der Waals surface area (Å²) < 4.78 is 5.64. The van der Waals surface area contributed by atoms with Gasteiger partial charge in [0.05, 0.1) is 15.6 Å². The predicted molar refractivity (Wildman–Crippen MR) is 78.9 cm³/mol. The molecule has 104 valence electrons. The van der Waals surface area contributed by atoms with Gasteiger partial charge in [0, 0.05) is 5.56 Å². The quantitative estimate of drug-likeness (QED) is 0.899. The first-order valence-corrected chi connectivity index (χ1v) is 6.64. The molecule has 0 bridgehead atoms. The zero-order chi connectivity index (χ0) is 14.7. The fourth-order valence-corrected chi connectivity index (χ4v) is 2.08. The summed E-state index contributed by atoms with van der Waals surface area (Å²) in [6.07, 6.45) is 0. The molecule has 0 aliphatic rings. The minimum atomic E-state index is -0.990. The van der Waals surface area contributed by atoms with E-state index in [4.69, 9.17) is 33.0 Å². The number of carbonyl (C=O) groups is 1. The van der Waals surface area contributed by atoms with Crippen LogP contribution in [0.25, 0.3) is 0 Å².